The van der Waals surface area contributed by atoms with Crippen LogP contribution in [0.1, 0.15) is 16.1 Å². The number of nitrogens with zero attached hydrogens (tertiary/aromatic N) is 2. The Morgan fingerprint density at radius 1 is 1.41 bits per heavy atom. The maximum Gasteiger partial charge on any atom is 0.281 e. The number of hydrogen-bond donors (Lipinski definition) is 2. The van der Waals surface area contributed by atoms with E-state index in [0.29, 0.717) is 4.47 Å². The zero-order valence-corrected chi connectivity index (χ0v) is 15.8. The van der Waals surface area contributed by atoms with Crippen molar-refractivity contribution in [3.8, 4) is 0 Å². The van der Waals surface area contributed by atoms with Crippen LogP contribution in [0.25, 0.3) is 0 Å². The second-order valence-electron chi connectivity index (χ2n) is 5.41. The second kappa shape index (κ2) is 9.36. The number of alkyl halides is 1. The summed E-state index contributed by atoms with van der Waals surface area (Å²) in [6, 6.07) is 4.81. The van der Waals surface area contributed by atoms with Crippen LogP contribution in [0.15, 0.2) is 39.9 Å². The fraction of sp³-hybridized carbons (Fsp3) is 0.235. The molecule has 6 nitrogen and oxygen atoms in total. The van der Waals surface area contributed by atoms with Crippen molar-refractivity contribution in [1.82, 2.24) is 4.98 Å². The Kier molecular flexibility index (Phi) is 7.17. The fourth-order valence-electron chi connectivity index (χ4n) is 2.17. The normalized spacial score (nSPS) is 12.6. The molecule has 1 atom stereocenters. The lowest BCUT2D eigenvalue weighted by atomic mass is 10.1. The molecule has 0 fully saturated rings. The topological polar surface area (TPSA) is 89.6 Å². The average Bonchev–Trinajstić information content (AvgIpc) is 2.65. The summed E-state index contributed by atoms with van der Waals surface area (Å²) in [7, 11) is 1.34. The van der Waals surface area contributed by atoms with Gasteiger partial charge in [0, 0.05) is 35.9 Å². The van der Waals surface area contributed by atoms with E-state index >= 15 is 0 Å². The van der Waals surface area contributed by atoms with Crippen molar-refractivity contribution < 1.29 is 22.7 Å². The number of nitrogens with one attached hydrogen (secondary N) is 1. The summed E-state index contributed by atoms with van der Waals surface area (Å²) in [5.74, 6) is -2.97. The van der Waals surface area contributed by atoms with E-state index in [0.717, 1.165) is 6.07 Å². The Labute approximate surface area is 161 Å². The molecule has 0 bridgehead atoms. The zero-order valence-electron chi connectivity index (χ0n) is 14.2. The number of carbonyl (C=O) groups excluding carboxylic acids is 1. The van der Waals surface area contributed by atoms with Crippen molar-refractivity contribution in [2.45, 2.75) is 12.5 Å². The van der Waals surface area contributed by atoms with Crippen LogP contribution < -0.4 is 11.1 Å². The highest BCUT2D eigenvalue weighted by Gasteiger charge is 2.19. The summed E-state index contributed by atoms with van der Waals surface area (Å²) in [6.45, 7) is -0.989. The number of ether oxygens (including phenoxy) is 1. The molecule has 0 aliphatic heterocycles. The molecule has 0 unspecified atom stereocenters. The number of pyridine rings is 1. The first kappa shape index (κ1) is 20.7. The number of hydrogen-bond acceptors (Lipinski definition) is 4. The molecule has 0 saturated carbocycles. The Morgan fingerprint density at radius 2 is 2.15 bits per heavy atom. The third kappa shape index (κ3) is 5.68. The molecule has 0 aliphatic rings. The summed E-state index contributed by atoms with van der Waals surface area (Å²) in [5, 5.41) is 2.42. The van der Waals surface area contributed by atoms with Gasteiger partial charge in [0.1, 0.15) is 18.5 Å². The lowest BCUT2D eigenvalue weighted by Gasteiger charge is -2.16. The number of rotatable bonds is 6. The lowest BCUT2D eigenvalue weighted by Crippen LogP contribution is -2.28. The molecule has 1 aromatic heterocycles. The molecule has 27 heavy (non-hydrogen) atoms. The average molecular weight is 445 g/mol. The molecule has 0 saturated heterocycles. The van der Waals surface area contributed by atoms with Gasteiger partial charge in [0.15, 0.2) is 11.6 Å². The van der Waals surface area contributed by atoms with Gasteiger partial charge in [-0.1, -0.05) is 0 Å². The van der Waals surface area contributed by atoms with E-state index in [1.54, 1.807) is 6.07 Å². The first-order chi connectivity index (χ1) is 12.8. The van der Waals surface area contributed by atoms with E-state index in [-0.39, 0.29) is 29.4 Å². The minimum atomic E-state index is -1.19. The molecular weight excluding hydrogens is 429 g/mol. The molecule has 2 aromatic rings. The molecule has 0 aliphatic carbocycles. The largest absolute Gasteiger partial charge is 0.459 e. The lowest BCUT2D eigenvalue weighted by molar-refractivity contribution is 0.102. The Morgan fingerprint density at radius 3 is 2.74 bits per heavy atom. The summed E-state index contributed by atoms with van der Waals surface area (Å²) >= 11 is 3.19. The van der Waals surface area contributed by atoms with Gasteiger partial charge < -0.3 is 15.8 Å². The van der Waals surface area contributed by atoms with Gasteiger partial charge in [0.2, 0.25) is 0 Å². The highest BCUT2D eigenvalue weighted by molar-refractivity contribution is 9.10. The van der Waals surface area contributed by atoms with Gasteiger partial charge >= 0.3 is 0 Å². The SMILES string of the molecule is C/N=C(/N)O[C@H](CF)Cc1cc(NC(=O)c2ccc(Br)cn2)cc(F)c1F. The number of carbonyl (C=O) groups is 1. The minimum absolute atomic E-state index is 0.00615. The third-order valence-corrected chi connectivity index (χ3v) is 3.92. The number of aromatic nitrogens is 1. The molecule has 0 radical (unpaired) electrons. The van der Waals surface area contributed by atoms with Gasteiger partial charge in [0.05, 0.1) is 0 Å². The van der Waals surface area contributed by atoms with Crippen LogP contribution in [0.2, 0.25) is 0 Å². The van der Waals surface area contributed by atoms with Gasteiger partial charge in [-0.3, -0.25) is 4.79 Å². The van der Waals surface area contributed by atoms with E-state index in [9.17, 15) is 18.0 Å². The molecule has 1 aromatic carbocycles. The van der Waals surface area contributed by atoms with Crippen molar-refractivity contribution in [2.24, 2.45) is 10.7 Å². The monoisotopic (exact) mass is 444 g/mol. The van der Waals surface area contributed by atoms with E-state index in [1.807, 2.05) is 0 Å². The molecule has 0 spiro atoms. The van der Waals surface area contributed by atoms with Crippen LogP contribution in [0.3, 0.4) is 0 Å². The highest BCUT2D eigenvalue weighted by Crippen LogP contribution is 2.22. The standard InChI is InChI=1S/C17H16BrF3N4O2/c1-23-17(22)27-12(7-19)5-9-4-11(6-13(20)15(9)21)25-16(26)14-3-2-10(18)8-24-14/h2-4,6,8,12H,5,7H2,1H3,(H2,22,23)(H,25,26)/t12-/m0/s1. The maximum atomic E-state index is 14.1. The van der Waals surface area contributed by atoms with Gasteiger partial charge in [0.25, 0.3) is 11.9 Å². The van der Waals surface area contributed by atoms with E-state index in [4.69, 9.17) is 10.5 Å². The van der Waals surface area contributed by atoms with Crippen LogP contribution in [-0.4, -0.2) is 36.7 Å². The third-order valence-electron chi connectivity index (χ3n) is 3.45. The quantitative estimate of drug-likeness (QED) is 0.528. The van der Waals surface area contributed by atoms with Gasteiger partial charge in [-0.05, 0) is 39.7 Å². The molecule has 1 heterocycles. The van der Waals surface area contributed by atoms with Crippen LogP contribution in [-0.2, 0) is 11.2 Å². The summed E-state index contributed by atoms with van der Waals surface area (Å²) in [5.41, 5.74) is 5.27. The van der Waals surface area contributed by atoms with Crippen molar-refractivity contribution in [2.75, 3.05) is 19.0 Å². The molecule has 3 N–H and O–H groups in total. The van der Waals surface area contributed by atoms with E-state index in [2.05, 4.69) is 31.2 Å². The molecule has 2 rings (SSSR count). The van der Waals surface area contributed by atoms with Gasteiger partial charge in [-0.25, -0.2) is 23.1 Å². The Hall–Kier alpha value is -2.62. The number of amidine groups is 1. The van der Waals surface area contributed by atoms with Crippen LogP contribution in [0.5, 0.6) is 0 Å². The van der Waals surface area contributed by atoms with Crippen molar-refractivity contribution in [3.05, 3.63) is 57.8 Å². The number of anilines is 1. The number of benzene rings is 1. The smallest absolute Gasteiger partial charge is 0.281 e. The predicted octanol–water partition coefficient (Wildman–Crippen LogP) is 3.22. The van der Waals surface area contributed by atoms with Crippen LogP contribution in [0, 0.1) is 11.6 Å². The predicted molar refractivity (Wildman–Crippen MR) is 98.3 cm³/mol. The maximum absolute atomic E-state index is 14.1. The van der Waals surface area contributed by atoms with Crippen molar-refractivity contribution in [1.29, 1.82) is 0 Å². The molecule has 10 heteroatoms. The van der Waals surface area contributed by atoms with Crippen LogP contribution >= 0.6 is 15.9 Å². The zero-order chi connectivity index (χ0) is 20.0. The minimum Gasteiger partial charge on any atom is -0.459 e. The summed E-state index contributed by atoms with van der Waals surface area (Å²) in [6.07, 6.45) is -0.0360. The Balaban J connectivity index is 2.21. The van der Waals surface area contributed by atoms with Crippen molar-refractivity contribution in [3.63, 3.8) is 0 Å². The highest BCUT2D eigenvalue weighted by atomic mass is 79.9. The summed E-state index contributed by atoms with van der Waals surface area (Å²) < 4.78 is 46.8. The molecule has 144 valence electrons. The first-order valence-electron chi connectivity index (χ1n) is 7.69. The molecule has 1 amide bonds. The van der Waals surface area contributed by atoms with E-state index in [1.165, 1.54) is 25.4 Å². The number of nitrogens with two attached hydrogens (primary N) is 1. The molecular formula is C17H16BrF3N4O2. The number of amides is 1. The van der Waals surface area contributed by atoms with Crippen LogP contribution in [0.4, 0.5) is 18.9 Å². The second-order valence-corrected chi connectivity index (χ2v) is 6.32. The van der Waals surface area contributed by atoms with Gasteiger partial charge in [-0.2, -0.15) is 0 Å². The van der Waals surface area contributed by atoms with Crippen molar-refractivity contribution >= 4 is 33.5 Å². The van der Waals surface area contributed by atoms with E-state index < -0.39 is 30.3 Å². The number of halogens is 4. The Bertz CT molecular complexity index is 847. The number of aliphatic imine (C=N–C) groups is 1. The first-order valence-corrected chi connectivity index (χ1v) is 8.49. The summed E-state index contributed by atoms with van der Waals surface area (Å²) in [4.78, 5) is 19.6. The fourth-order valence-corrected chi connectivity index (χ4v) is 2.40. The van der Waals surface area contributed by atoms with Gasteiger partial charge in [-0.15, -0.1) is 0 Å².